The zero-order chi connectivity index (χ0) is 10.4. The van der Waals surface area contributed by atoms with E-state index in [0.29, 0.717) is 11.7 Å². The number of anilines is 1. The smallest absolute Gasteiger partial charge is 0.216 e. The van der Waals surface area contributed by atoms with Gasteiger partial charge >= 0.3 is 0 Å². The van der Waals surface area contributed by atoms with Crippen molar-refractivity contribution in [3.63, 3.8) is 0 Å². The van der Waals surface area contributed by atoms with Crippen LogP contribution in [0.25, 0.3) is 6.08 Å². The van der Waals surface area contributed by atoms with E-state index >= 15 is 0 Å². The molecule has 0 radical (unpaired) electrons. The molecule has 1 heterocycles. The van der Waals surface area contributed by atoms with Crippen molar-refractivity contribution < 1.29 is 4.79 Å². The van der Waals surface area contributed by atoms with Crippen molar-refractivity contribution in [1.29, 1.82) is 0 Å². The quantitative estimate of drug-likeness (QED) is 0.737. The molecule has 4 nitrogen and oxygen atoms in total. The normalized spacial score (nSPS) is 10.6. The summed E-state index contributed by atoms with van der Waals surface area (Å²) in [6, 6.07) is 0. The largest absolute Gasteiger partial charge is 0.375 e. The van der Waals surface area contributed by atoms with Gasteiger partial charge in [-0.3, -0.25) is 4.79 Å². The lowest BCUT2D eigenvalue weighted by Gasteiger charge is -1.95. The Morgan fingerprint density at radius 3 is 3.14 bits per heavy atom. The Morgan fingerprint density at radius 2 is 2.57 bits per heavy atom. The zero-order valence-electron chi connectivity index (χ0n) is 7.99. The van der Waals surface area contributed by atoms with E-state index in [2.05, 4.69) is 10.3 Å². The summed E-state index contributed by atoms with van der Waals surface area (Å²) >= 11 is 1.44. The van der Waals surface area contributed by atoms with Gasteiger partial charge in [-0.05, 0) is 12.5 Å². The molecule has 1 aromatic rings. The Bertz CT molecular complexity index is 333. The minimum Gasteiger partial charge on any atom is -0.375 e. The molecule has 5 heteroatoms. The second-order valence-electron chi connectivity index (χ2n) is 2.77. The average Bonchev–Trinajstić information content (AvgIpc) is 2.50. The monoisotopic (exact) mass is 211 g/mol. The van der Waals surface area contributed by atoms with Crippen LogP contribution in [-0.4, -0.2) is 17.4 Å². The van der Waals surface area contributed by atoms with E-state index in [9.17, 15) is 4.79 Å². The predicted octanol–water partition coefficient (Wildman–Crippen LogP) is 1.26. The first kappa shape index (κ1) is 10.7. The molecule has 0 fully saturated rings. The molecular weight excluding hydrogens is 198 g/mol. The number of rotatable bonds is 4. The third kappa shape index (κ3) is 4.04. The van der Waals surface area contributed by atoms with Crippen molar-refractivity contribution in [2.24, 2.45) is 0 Å². The molecule has 1 aromatic heterocycles. The van der Waals surface area contributed by atoms with Gasteiger partial charge in [0.05, 0.1) is 0 Å². The fourth-order valence-corrected chi connectivity index (χ4v) is 1.53. The minimum absolute atomic E-state index is 0.000403. The van der Waals surface area contributed by atoms with E-state index in [1.54, 1.807) is 6.20 Å². The first-order valence-electron chi connectivity index (χ1n) is 4.31. The van der Waals surface area contributed by atoms with E-state index < -0.39 is 0 Å². The summed E-state index contributed by atoms with van der Waals surface area (Å²) in [5.74, 6) is 0.000403. The predicted molar refractivity (Wildman–Crippen MR) is 58.9 cm³/mol. The molecule has 0 bridgehead atoms. The molecule has 0 aliphatic carbocycles. The summed E-state index contributed by atoms with van der Waals surface area (Å²) < 4.78 is 0. The third-order valence-corrected chi connectivity index (χ3v) is 2.30. The molecule has 0 aromatic carbocycles. The number of amides is 1. The van der Waals surface area contributed by atoms with Gasteiger partial charge in [0.25, 0.3) is 0 Å². The molecule has 3 N–H and O–H groups in total. The average molecular weight is 211 g/mol. The number of carbonyl (C=O) groups excluding carboxylic acids is 1. The van der Waals surface area contributed by atoms with Crippen molar-refractivity contribution in [2.45, 2.75) is 13.3 Å². The molecule has 0 aliphatic heterocycles. The first-order chi connectivity index (χ1) is 6.68. The topological polar surface area (TPSA) is 68.0 Å². The summed E-state index contributed by atoms with van der Waals surface area (Å²) in [4.78, 5) is 15.5. The molecule has 0 unspecified atom stereocenters. The Kier molecular flexibility index (Phi) is 4.12. The van der Waals surface area contributed by atoms with Crippen LogP contribution in [-0.2, 0) is 4.79 Å². The lowest BCUT2D eigenvalue weighted by atomic mass is 10.3. The second-order valence-corrected chi connectivity index (χ2v) is 3.87. The summed E-state index contributed by atoms with van der Waals surface area (Å²) in [7, 11) is 0. The Morgan fingerprint density at radius 1 is 1.79 bits per heavy atom. The Hall–Kier alpha value is -1.36. The van der Waals surface area contributed by atoms with Crippen LogP contribution >= 0.6 is 11.3 Å². The lowest BCUT2D eigenvalue weighted by Crippen LogP contribution is -2.20. The number of carbonyl (C=O) groups is 1. The first-order valence-corrected chi connectivity index (χ1v) is 5.12. The number of thiazole rings is 1. The summed E-state index contributed by atoms with van der Waals surface area (Å²) in [5.41, 5.74) is 5.47. The number of hydrogen-bond acceptors (Lipinski definition) is 4. The molecule has 14 heavy (non-hydrogen) atoms. The molecule has 1 amide bonds. The van der Waals surface area contributed by atoms with Gasteiger partial charge in [-0.25, -0.2) is 4.98 Å². The van der Waals surface area contributed by atoms with Crippen LogP contribution in [0.2, 0.25) is 0 Å². The van der Waals surface area contributed by atoms with Crippen LogP contribution in [0.1, 0.15) is 18.2 Å². The fraction of sp³-hybridized carbons (Fsp3) is 0.333. The molecule has 76 valence electrons. The lowest BCUT2D eigenvalue weighted by molar-refractivity contribution is -0.118. The van der Waals surface area contributed by atoms with E-state index in [1.165, 1.54) is 18.3 Å². The highest BCUT2D eigenvalue weighted by molar-refractivity contribution is 7.16. The van der Waals surface area contributed by atoms with Gasteiger partial charge in [0.15, 0.2) is 5.13 Å². The van der Waals surface area contributed by atoms with Gasteiger partial charge in [-0.1, -0.05) is 17.4 Å². The molecule has 1 rings (SSSR count). The standard InChI is InChI=1S/C9H13N3OS/c1-7(13)11-5-3-2-4-8-6-12-9(10)14-8/h2,4,6H,3,5H2,1H3,(H2,10,12)(H,11,13). The number of aromatic nitrogens is 1. The SMILES string of the molecule is CC(=O)NCCC=Cc1cnc(N)s1. The molecule has 0 saturated heterocycles. The Labute approximate surface area is 86.8 Å². The van der Waals surface area contributed by atoms with Crippen molar-refractivity contribution in [1.82, 2.24) is 10.3 Å². The summed E-state index contributed by atoms with van der Waals surface area (Å²) in [5, 5.41) is 3.29. The maximum Gasteiger partial charge on any atom is 0.216 e. The van der Waals surface area contributed by atoms with Gasteiger partial charge in [0, 0.05) is 24.5 Å². The van der Waals surface area contributed by atoms with Gasteiger partial charge in [-0.15, -0.1) is 0 Å². The van der Waals surface area contributed by atoms with Crippen molar-refractivity contribution in [3.8, 4) is 0 Å². The van der Waals surface area contributed by atoms with Crippen molar-refractivity contribution in [2.75, 3.05) is 12.3 Å². The molecule has 0 atom stereocenters. The molecule has 0 aliphatic rings. The van der Waals surface area contributed by atoms with Crippen LogP contribution in [0.3, 0.4) is 0 Å². The van der Waals surface area contributed by atoms with E-state index in [-0.39, 0.29) is 5.91 Å². The number of nitrogens with zero attached hydrogens (tertiary/aromatic N) is 1. The second kappa shape index (κ2) is 5.39. The Balaban J connectivity index is 2.24. The molecular formula is C9H13N3OS. The highest BCUT2D eigenvalue weighted by Gasteiger charge is 1.92. The van der Waals surface area contributed by atoms with E-state index in [0.717, 1.165) is 11.3 Å². The van der Waals surface area contributed by atoms with Crippen molar-refractivity contribution >= 4 is 28.5 Å². The number of nitrogen functional groups attached to an aromatic ring is 1. The molecule has 0 spiro atoms. The highest BCUT2D eigenvalue weighted by Crippen LogP contribution is 2.15. The van der Waals surface area contributed by atoms with Gasteiger partial charge in [-0.2, -0.15) is 0 Å². The molecule has 0 saturated carbocycles. The maximum absolute atomic E-state index is 10.5. The minimum atomic E-state index is 0.000403. The zero-order valence-corrected chi connectivity index (χ0v) is 8.80. The van der Waals surface area contributed by atoms with Crippen molar-refractivity contribution in [3.05, 3.63) is 17.2 Å². The number of hydrogen-bond donors (Lipinski definition) is 2. The highest BCUT2D eigenvalue weighted by atomic mass is 32.1. The summed E-state index contributed by atoms with van der Waals surface area (Å²) in [6.07, 6.45) is 6.49. The third-order valence-electron chi connectivity index (χ3n) is 1.51. The van der Waals surface area contributed by atoms with Crippen LogP contribution in [0.15, 0.2) is 12.3 Å². The number of nitrogens with two attached hydrogens (primary N) is 1. The fourth-order valence-electron chi connectivity index (χ4n) is 0.909. The van der Waals surface area contributed by atoms with Gasteiger partial charge in [0.1, 0.15) is 0 Å². The van der Waals surface area contributed by atoms with E-state index in [4.69, 9.17) is 5.73 Å². The summed E-state index contributed by atoms with van der Waals surface area (Å²) in [6.45, 7) is 2.17. The maximum atomic E-state index is 10.5. The van der Waals surface area contributed by atoms with Crippen LogP contribution in [0.4, 0.5) is 5.13 Å². The van der Waals surface area contributed by atoms with Crippen LogP contribution in [0.5, 0.6) is 0 Å². The van der Waals surface area contributed by atoms with Gasteiger partial charge in [0.2, 0.25) is 5.91 Å². The number of nitrogens with one attached hydrogen (secondary N) is 1. The van der Waals surface area contributed by atoms with Crippen LogP contribution in [0, 0.1) is 0 Å². The van der Waals surface area contributed by atoms with Gasteiger partial charge < -0.3 is 11.1 Å². The van der Waals surface area contributed by atoms with E-state index in [1.807, 2.05) is 12.2 Å². The van der Waals surface area contributed by atoms with Crippen LogP contribution < -0.4 is 11.1 Å².